The number of aliphatic hydroxyl groups excluding tert-OH is 1. The number of benzene rings is 2. The molecule has 0 aromatic heterocycles. The standard InChI is InChI=1S/C18H22O2/c19-18(13-20-15-9-2-1-3-10-15)17-12-6-8-14-7-4-5-11-16(14)17/h4-8,11-12,15,18-19H,1-3,9-10,13H2. The molecular weight excluding hydrogens is 248 g/mol. The molecular formula is C18H22O2. The first kappa shape index (κ1) is 13.6. The molecule has 1 fully saturated rings. The molecule has 1 unspecified atom stereocenters. The second-order valence-corrected chi connectivity index (χ2v) is 5.68. The fourth-order valence-corrected chi connectivity index (χ4v) is 3.09. The van der Waals surface area contributed by atoms with Gasteiger partial charge in [0.2, 0.25) is 0 Å². The Morgan fingerprint density at radius 3 is 2.60 bits per heavy atom. The van der Waals surface area contributed by atoms with Gasteiger partial charge in [-0.15, -0.1) is 0 Å². The monoisotopic (exact) mass is 270 g/mol. The fraction of sp³-hybridized carbons (Fsp3) is 0.444. The third-order valence-electron chi connectivity index (χ3n) is 4.22. The van der Waals surface area contributed by atoms with Crippen LogP contribution < -0.4 is 0 Å². The lowest BCUT2D eigenvalue weighted by atomic mass is 9.97. The van der Waals surface area contributed by atoms with Gasteiger partial charge in [-0.1, -0.05) is 61.7 Å². The number of aliphatic hydroxyl groups is 1. The topological polar surface area (TPSA) is 29.5 Å². The van der Waals surface area contributed by atoms with Crippen LogP contribution in [0.1, 0.15) is 43.8 Å². The van der Waals surface area contributed by atoms with Gasteiger partial charge >= 0.3 is 0 Å². The number of fused-ring (bicyclic) bond motifs is 1. The minimum absolute atomic E-state index is 0.341. The van der Waals surface area contributed by atoms with E-state index in [0.717, 1.165) is 23.8 Å². The molecule has 0 amide bonds. The lowest BCUT2D eigenvalue weighted by Gasteiger charge is -2.24. The van der Waals surface area contributed by atoms with E-state index in [4.69, 9.17) is 4.74 Å². The Hall–Kier alpha value is -1.38. The van der Waals surface area contributed by atoms with Gasteiger partial charge in [-0.05, 0) is 29.2 Å². The molecule has 1 aliphatic carbocycles. The van der Waals surface area contributed by atoms with Crippen molar-refractivity contribution in [1.82, 2.24) is 0 Å². The quantitative estimate of drug-likeness (QED) is 0.901. The van der Waals surface area contributed by atoms with Crippen LogP contribution in [0, 0.1) is 0 Å². The van der Waals surface area contributed by atoms with Crippen LogP contribution in [0.5, 0.6) is 0 Å². The average Bonchev–Trinajstić information content (AvgIpc) is 2.53. The van der Waals surface area contributed by atoms with Gasteiger partial charge in [-0.25, -0.2) is 0 Å². The Labute approximate surface area is 120 Å². The van der Waals surface area contributed by atoms with Crippen LogP contribution in [0.3, 0.4) is 0 Å². The summed E-state index contributed by atoms with van der Waals surface area (Å²) in [6, 6.07) is 14.3. The zero-order chi connectivity index (χ0) is 13.8. The van der Waals surface area contributed by atoms with E-state index in [1.807, 2.05) is 24.3 Å². The molecule has 1 saturated carbocycles. The Kier molecular flexibility index (Phi) is 4.34. The van der Waals surface area contributed by atoms with Crippen LogP contribution in [0.25, 0.3) is 10.8 Å². The Bertz CT molecular complexity index is 553. The normalized spacial score (nSPS) is 18.2. The minimum atomic E-state index is -0.539. The zero-order valence-electron chi connectivity index (χ0n) is 11.8. The van der Waals surface area contributed by atoms with Crippen LogP contribution in [0.15, 0.2) is 42.5 Å². The van der Waals surface area contributed by atoms with Crippen molar-refractivity contribution in [3.8, 4) is 0 Å². The van der Waals surface area contributed by atoms with Gasteiger partial charge in [0.15, 0.2) is 0 Å². The van der Waals surface area contributed by atoms with Crippen molar-refractivity contribution in [2.75, 3.05) is 6.61 Å². The van der Waals surface area contributed by atoms with E-state index >= 15 is 0 Å². The molecule has 0 bridgehead atoms. The van der Waals surface area contributed by atoms with E-state index in [0.29, 0.717) is 12.7 Å². The molecule has 20 heavy (non-hydrogen) atoms. The van der Waals surface area contributed by atoms with Crippen LogP contribution in [-0.4, -0.2) is 17.8 Å². The highest BCUT2D eigenvalue weighted by molar-refractivity contribution is 5.85. The Morgan fingerprint density at radius 2 is 1.75 bits per heavy atom. The van der Waals surface area contributed by atoms with Crippen molar-refractivity contribution in [2.45, 2.75) is 44.3 Å². The van der Waals surface area contributed by atoms with Crippen LogP contribution in [-0.2, 0) is 4.74 Å². The van der Waals surface area contributed by atoms with Crippen molar-refractivity contribution in [2.24, 2.45) is 0 Å². The summed E-state index contributed by atoms with van der Waals surface area (Å²) in [6.45, 7) is 0.401. The minimum Gasteiger partial charge on any atom is -0.386 e. The highest BCUT2D eigenvalue weighted by Crippen LogP contribution is 2.26. The molecule has 2 aromatic carbocycles. The van der Waals surface area contributed by atoms with E-state index in [-0.39, 0.29) is 0 Å². The molecule has 2 aromatic rings. The maximum Gasteiger partial charge on any atom is 0.103 e. The van der Waals surface area contributed by atoms with Crippen LogP contribution >= 0.6 is 0 Å². The first-order valence-electron chi connectivity index (χ1n) is 7.62. The zero-order valence-corrected chi connectivity index (χ0v) is 11.8. The predicted molar refractivity (Wildman–Crippen MR) is 81.7 cm³/mol. The van der Waals surface area contributed by atoms with E-state index in [1.54, 1.807) is 0 Å². The summed E-state index contributed by atoms with van der Waals surface area (Å²) < 4.78 is 5.90. The lowest BCUT2D eigenvalue weighted by Crippen LogP contribution is -2.20. The van der Waals surface area contributed by atoms with Gasteiger partial charge in [0, 0.05) is 0 Å². The van der Waals surface area contributed by atoms with Gasteiger partial charge in [0.25, 0.3) is 0 Å². The number of rotatable bonds is 4. The first-order valence-corrected chi connectivity index (χ1v) is 7.62. The molecule has 1 aliphatic rings. The molecule has 1 N–H and O–H groups in total. The largest absolute Gasteiger partial charge is 0.386 e. The second kappa shape index (κ2) is 6.38. The first-order chi connectivity index (χ1) is 9.84. The Morgan fingerprint density at radius 1 is 1.00 bits per heavy atom. The SMILES string of the molecule is OC(COC1CCCCC1)c1cccc2ccccc12. The maximum absolute atomic E-state index is 10.4. The molecule has 2 heteroatoms. The maximum atomic E-state index is 10.4. The van der Waals surface area contributed by atoms with E-state index < -0.39 is 6.10 Å². The summed E-state index contributed by atoms with van der Waals surface area (Å²) in [5, 5.41) is 12.7. The van der Waals surface area contributed by atoms with E-state index in [1.165, 1.54) is 24.6 Å². The summed E-state index contributed by atoms with van der Waals surface area (Å²) >= 11 is 0. The third-order valence-corrected chi connectivity index (χ3v) is 4.22. The van der Waals surface area contributed by atoms with Gasteiger partial charge in [-0.3, -0.25) is 0 Å². The summed E-state index contributed by atoms with van der Waals surface area (Å²) in [5.74, 6) is 0. The second-order valence-electron chi connectivity index (χ2n) is 5.68. The van der Waals surface area contributed by atoms with E-state index in [2.05, 4.69) is 18.2 Å². The number of hydrogen-bond donors (Lipinski definition) is 1. The smallest absolute Gasteiger partial charge is 0.103 e. The molecule has 0 aliphatic heterocycles. The van der Waals surface area contributed by atoms with Gasteiger partial charge in [0.05, 0.1) is 12.7 Å². The van der Waals surface area contributed by atoms with Gasteiger partial charge < -0.3 is 9.84 Å². The summed E-state index contributed by atoms with van der Waals surface area (Å²) in [4.78, 5) is 0. The molecule has 3 rings (SSSR count). The summed E-state index contributed by atoms with van der Waals surface area (Å²) in [5.41, 5.74) is 0.971. The van der Waals surface area contributed by atoms with Crippen molar-refractivity contribution in [1.29, 1.82) is 0 Å². The fourth-order valence-electron chi connectivity index (χ4n) is 3.09. The number of hydrogen-bond acceptors (Lipinski definition) is 2. The summed E-state index contributed by atoms with van der Waals surface area (Å²) in [7, 11) is 0. The van der Waals surface area contributed by atoms with Crippen molar-refractivity contribution in [3.63, 3.8) is 0 Å². The molecule has 0 saturated heterocycles. The molecule has 1 atom stereocenters. The van der Waals surface area contributed by atoms with E-state index in [9.17, 15) is 5.11 Å². The third kappa shape index (κ3) is 3.02. The predicted octanol–water partition coefficient (Wildman–Crippen LogP) is 4.22. The van der Waals surface area contributed by atoms with Gasteiger partial charge in [-0.2, -0.15) is 0 Å². The highest BCUT2D eigenvalue weighted by Gasteiger charge is 2.17. The van der Waals surface area contributed by atoms with Crippen LogP contribution in [0.2, 0.25) is 0 Å². The molecule has 0 spiro atoms. The summed E-state index contributed by atoms with van der Waals surface area (Å²) in [6.07, 6.45) is 5.93. The molecule has 0 heterocycles. The van der Waals surface area contributed by atoms with Crippen molar-refractivity contribution >= 4 is 10.8 Å². The Balaban J connectivity index is 1.70. The lowest BCUT2D eigenvalue weighted by molar-refractivity contribution is -0.0241. The van der Waals surface area contributed by atoms with Gasteiger partial charge in [0.1, 0.15) is 6.10 Å². The van der Waals surface area contributed by atoms with Crippen molar-refractivity contribution < 1.29 is 9.84 Å². The highest BCUT2D eigenvalue weighted by atomic mass is 16.5. The number of ether oxygens (including phenoxy) is 1. The van der Waals surface area contributed by atoms with Crippen molar-refractivity contribution in [3.05, 3.63) is 48.0 Å². The molecule has 0 radical (unpaired) electrons. The van der Waals surface area contributed by atoms with Crippen LogP contribution in [0.4, 0.5) is 0 Å². The molecule has 2 nitrogen and oxygen atoms in total. The average molecular weight is 270 g/mol. The molecule has 106 valence electrons.